The van der Waals surface area contributed by atoms with E-state index in [0.717, 1.165) is 0 Å². The minimum Gasteiger partial charge on any atom is -0.324 e. The number of benzene rings is 2. The molecule has 2 N–H and O–H groups in total. The third kappa shape index (κ3) is 1.51. The molecule has 1 atom stereocenters. The second kappa shape index (κ2) is 3.43. The monoisotopic (exact) mass is 185 g/mol. The van der Waals surface area contributed by atoms with Crippen LogP contribution in [-0.2, 0) is 0 Å². The lowest BCUT2D eigenvalue weighted by atomic mass is 9.99. The van der Waals surface area contributed by atoms with Gasteiger partial charge < -0.3 is 5.73 Å². The summed E-state index contributed by atoms with van der Waals surface area (Å²) in [6, 6.07) is 12.9. The standard InChI is InChI=1S/C13H15N/c1-9-6-7-11-4-3-5-12(10(2)14)13(11)8-9/h3-8,10H,14H2,1-2H3/t10-/m1/s1. The van der Waals surface area contributed by atoms with E-state index < -0.39 is 0 Å². The van der Waals surface area contributed by atoms with Crippen LogP contribution in [0.3, 0.4) is 0 Å². The van der Waals surface area contributed by atoms with Crippen LogP contribution >= 0.6 is 0 Å². The second-order valence-corrected chi connectivity index (χ2v) is 3.86. The summed E-state index contributed by atoms with van der Waals surface area (Å²) >= 11 is 0. The Hall–Kier alpha value is -1.34. The lowest BCUT2D eigenvalue weighted by Gasteiger charge is -2.10. The molecule has 0 amide bonds. The van der Waals surface area contributed by atoms with Crippen molar-refractivity contribution in [1.29, 1.82) is 0 Å². The SMILES string of the molecule is Cc1ccc2cccc([C@@H](C)N)c2c1. The summed E-state index contributed by atoms with van der Waals surface area (Å²) in [5, 5.41) is 2.55. The van der Waals surface area contributed by atoms with Gasteiger partial charge in [-0.25, -0.2) is 0 Å². The van der Waals surface area contributed by atoms with Gasteiger partial charge in [-0.3, -0.25) is 0 Å². The Kier molecular flexibility index (Phi) is 2.26. The first-order valence-electron chi connectivity index (χ1n) is 4.93. The van der Waals surface area contributed by atoms with E-state index in [1.165, 1.54) is 21.9 Å². The van der Waals surface area contributed by atoms with Crippen LogP contribution in [0.15, 0.2) is 36.4 Å². The van der Waals surface area contributed by atoms with Gasteiger partial charge in [-0.1, -0.05) is 42.0 Å². The molecule has 2 aromatic carbocycles. The molecule has 0 aromatic heterocycles. The van der Waals surface area contributed by atoms with Crippen molar-refractivity contribution in [2.24, 2.45) is 5.73 Å². The highest BCUT2D eigenvalue weighted by Gasteiger charge is 2.04. The molecule has 0 aliphatic carbocycles. The van der Waals surface area contributed by atoms with Crippen LogP contribution in [0, 0.1) is 6.92 Å². The number of rotatable bonds is 1. The molecule has 0 aliphatic rings. The lowest BCUT2D eigenvalue weighted by molar-refractivity contribution is 0.826. The Morgan fingerprint density at radius 1 is 1.14 bits per heavy atom. The molecule has 2 aromatic rings. The van der Waals surface area contributed by atoms with Crippen molar-refractivity contribution in [3.63, 3.8) is 0 Å². The molecule has 0 bridgehead atoms. The Balaban J connectivity index is 2.77. The van der Waals surface area contributed by atoms with Crippen molar-refractivity contribution in [1.82, 2.24) is 0 Å². The molecule has 1 heteroatoms. The van der Waals surface area contributed by atoms with Gasteiger partial charge in [0.05, 0.1) is 0 Å². The number of fused-ring (bicyclic) bond motifs is 1. The third-order valence-corrected chi connectivity index (χ3v) is 2.56. The molecule has 0 aliphatic heterocycles. The van der Waals surface area contributed by atoms with E-state index >= 15 is 0 Å². The van der Waals surface area contributed by atoms with Crippen LogP contribution in [-0.4, -0.2) is 0 Å². The average Bonchev–Trinajstić information content (AvgIpc) is 2.16. The summed E-state index contributed by atoms with van der Waals surface area (Å²) in [6.07, 6.45) is 0. The van der Waals surface area contributed by atoms with Gasteiger partial charge in [0.2, 0.25) is 0 Å². The maximum absolute atomic E-state index is 5.93. The molecule has 0 fully saturated rings. The van der Waals surface area contributed by atoms with Crippen LogP contribution in [0.4, 0.5) is 0 Å². The van der Waals surface area contributed by atoms with Gasteiger partial charge in [-0.05, 0) is 30.2 Å². The predicted molar refractivity (Wildman–Crippen MR) is 61.3 cm³/mol. The highest BCUT2D eigenvalue weighted by Crippen LogP contribution is 2.23. The molecule has 2 rings (SSSR count). The Labute approximate surface area is 84.5 Å². The van der Waals surface area contributed by atoms with Crippen molar-refractivity contribution >= 4 is 10.8 Å². The normalized spacial score (nSPS) is 13.1. The zero-order valence-electron chi connectivity index (χ0n) is 8.62. The lowest BCUT2D eigenvalue weighted by Crippen LogP contribution is -2.05. The highest BCUT2D eigenvalue weighted by atomic mass is 14.6. The minimum absolute atomic E-state index is 0.0977. The van der Waals surface area contributed by atoms with Gasteiger partial charge in [-0.2, -0.15) is 0 Å². The topological polar surface area (TPSA) is 26.0 Å². The van der Waals surface area contributed by atoms with E-state index in [1.54, 1.807) is 0 Å². The second-order valence-electron chi connectivity index (χ2n) is 3.86. The van der Waals surface area contributed by atoms with Gasteiger partial charge in [0, 0.05) is 6.04 Å². The van der Waals surface area contributed by atoms with E-state index in [-0.39, 0.29) is 6.04 Å². The average molecular weight is 185 g/mol. The maximum Gasteiger partial charge on any atom is 0.0272 e. The number of hydrogen-bond donors (Lipinski definition) is 1. The molecule has 0 unspecified atom stereocenters. The molecule has 14 heavy (non-hydrogen) atoms. The third-order valence-electron chi connectivity index (χ3n) is 2.56. The first kappa shape index (κ1) is 9.22. The molecular formula is C13H15N. The summed E-state index contributed by atoms with van der Waals surface area (Å²) in [4.78, 5) is 0. The smallest absolute Gasteiger partial charge is 0.0272 e. The number of aryl methyl sites for hydroxylation is 1. The summed E-state index contributed by atoms with van der Waals surface area (Å²) < 4.78 is 0. The Morgan fingerprint density at radius 2 is 1.93 bits per heavy atom. The largest absolute Gasteiger partial charge is 0.324 e. The summed E-state index contributed by atoms with van der Waals surface area (Å²) in [5.41, 5.74) is 8.44. The molecule has 1 nitrogen and oxygen atoms in total. The van der Waals surface area contributed by atoms with Gasteiger partial charge >= 0.3 is 0 Å². The van der Waals surface area contributed by atoms with Gasteiger partial charge in [-0.15, -0.1) is 0 Å². The van der Waals surface area contributed by atoms with Crippen LogP contribution in [0.5, 0.6) is 0 Å². The van der Waals surface area contributed by atoms with Crippen LogP contribution in [0.25, 0.3) is 10.8 Å². The van der Waals surface area contributed by atoms with Gasteiger partial charge in [0.15, 0.2) is 0 Å². The van der Waals surface area contributed by atoms with E-state index in [2.05, 4.69) is 43.3 Å². The fraction of sp³-hybridized carbons (Fsp3) is 0.231. The molecule has 0 radical (unpaired) electrons. The summed E-state index contributed by atoms with van der Waals surface area (Å²) in [7, 11) is 0. The van der Waals surface area contributed by atoms with E-state index in [0.29, 0.717) is 0 Å². The first-order valence-corrected chi connectivity index (χ1v) is 4.93. The molecule has 0 saturated heterocycles. The maximum atomic E-state index is 5.93. The minimum atomic E-state index is 0.0977. The summed E-state index contributed by atoms with van der Waals surface area (Å²) in [5.74, 6) is 0. The first-order chi connectivity index (χ1) is 6.68. The fourth-order valence-electron chi connectivity index (χ4n) is 1.81. The number of hydrogen-bond acceptors (Lipinski definition) is 1. The van der Waals surface area contributed by atoms with Gasteiger partial charge in [0.1, 0.15) is 0 Å². The van der Waals surface area contributed by atoms with Crippen LogP contribution in [0.1, 0.15) is 24.1 Å². The molecule has 0 saturated carbocycles. The van der Waals surface area contributed by atoms with Crippen molar-refractivity contribution in [3.05, 3.63) is 47.5 Å². The van der Waals surface area contributed by atoms with E-state index in [4.69, 9.17) is 5.73 Å². The highest BCUT2D eigenvalue weighted by molar-refractivity contribution is 5.86. The summed E-state index contributed by atoms with van der Waals surface area (Å²) in [6.45, 7) is 4.13. The van der Waals surface area contributed by atoms with E-state index in [9.17, 15) is 0 Å². The van der Waals surface area contributed by atoms with Crippen molar-refractivity contribution < 1.29 is 0 Å². The van der Waals surface area contributed by atoms with Crippen LogP contribution < -0.4 is 5.73 Å². The van der Waals surface area contributed by atoms with Crippen molar-refractivity contribution in [2.75, 3.05) is 0 Å². The van der Waals surface area contributed by atoms with Crippen molar-refractivity contribution in [3.8, 4) is 0 Å². The van der Waals surface area contributed by atoms with Crippen LogP contribution in [0.2, 0.25) is 0 Å². The molecule has 0 spiro atoms. The van der Waals surface area contributed by atoms with E-state index in [1.807, 2.05) is 6.92 Å². The zero-order chi connectivity index (χ0) is 10.1. The Bertz CT molecular complexity index is 458. The molecular weight excluding hydrogens is 170 g/mol. The van der Waals surface area contributed by atoms with Gasteiger partial charge in [0.25, 0.3) is 0 Å². The fourth-order valence-corrected chi connectivity index (χ4v) is 1.81. The van der Waals surface area contributed by atoms with Crippen molar-refractivity contribution in [2.45, 2.75) is 19.9 Å². The quantitative estimate of drug-likeness (QED) is 0.725. The predicted octanol–water partition coefficient (Wildman–Crippen LogP) is 3.17. The zero-order valence-corrected chi connectivity index (χ0v) is 8.62. The molecule has 72 valence electrons. The Morgan fingerprint density at radius 3 is 2.64 bits per heavy atom. The number of nitrogens with two attached hydrogens (primary N) is 1. The molecule has 0 heterocycles.